The summed E-state index contributed by atoms with van der Waals surface area (Å²) in [6.45, 7) is 7.07. The fourth-order valence-corrected chi connectivity index (χ4v) is 3.90. The minimum Gasteiger partial charge on any atom is -0.361 e. The molecule has 146 valence electrons. The molecule has 0 spiro atoms. The van der Waals surface area contributed by atoms with Crippen LogP contribution < -0.4 is 0 Å². The molecule has 0 aromatic carbocycles. The molecule has 0 radical (unpaired) electrons. The Labute approximate surface area is 163 Å². The topological polar surface area (TPSA) is 89.9 Å². The molecule has 0 bridgehead atoms. The molecule has 28 heavy (non-hydrogen) atoms. The molecule has 4 heterocycles. The normalized spacial score (nSPS) is 16.7. The van der Waals surface area contributed by atoms with Crippen molar-refractivity contribution in [3.8, 4) is 11.3 Å². The molecule has 0 aliphatic carbocycles. The van der Waals surface area contributed by atoms with E-state index in [-0.39, 0.29) is 11.9 Å². The van der Waals surface area contributed by atoms with Gasteiger partial charge in [-0.3, -0.25) is 4.79 Å². The van der Waals surface area contributed by atoms with Crippen molar-refractivity contribution in [1.29, 1.82) is 0 Å². The summed E-state index contributed by atoms with van der Waals surface area (Å²) in [6.07, 6.45) is 7.67. The minimum absolute atomic E-state index is 0.0174. The van der Waals surface area contributed by atoms with Crippen molar-refractivity contribution in [3.63, 3.8) is 0 Å². The van der Waals surface area contributed by atoms with E-state index >= 15 is 0 Å². The Morgan fingerprint density at radius 2 is 2.14 bits per heavy atom. The Balaban J connectivity index is 1.58. The Kier molecular flexibility index (Phi) is 4.93. The van der Waals surface area contributed by atoms with Crippen LogP contribution >= 0.6 is 0 Å². The number of carbonyl (C=O) groups excluding carboxylic acids is 1. The van der Waals surface area contributed by atoms with Gasteiger partial charge in [-0.05, 0) is 39.7 Å². The monoisotopic (exact) mass is 380 g/mol. The second-order valence-electron chi connectivity index (χ2n) is 7.22. The number of hydrogen-bond acceptors (Lipinski definition) is 6. The van der Waals surface area contributed by atoms with E-state index in [0.717, 1.165) is 47.8 Å². The van der Waals surface area contributed by atoms with Gasteiger partial charge in [-0.25, -0.2) is 15.0 Å². The van der Waals surface area contributed by atoms with Gasteiger partial charge in [-0.15, -0.1) is 0 Å². The fraction of sp³-hybridized carbons (Fsp3) is 0.450. The third-order valence-corrected chi connectivity index (χ3v) is 5.20. The summed E-state index contributed by atoms with van der Waals surface area (Å²) in [5.41, 5.74) is 3.40. The van der Waals surface area contributed by atoms with E-state index in [0.29, 0.717) is 18.8 Å². The van der Waals surface area contributed by atoms with Crippen LogP contribution in [0.4, 0.5) is 0 Å². The van der Waals surface area contributed by atoms with E-state index in [1.54, 1.807) is 12.5 Å². The third-order valence-electron chi connectivity index (χ3n) is 5.20. The van der Waals surface area contributed by atoms with Crippen LogP contribution in [0.1, 0.15) is 48.3 Å². The number of imidazole rings is 1. The number of rotatable bonds is 5. The number of aromatic nitrogens is 5. The second kappa shape index (κ2) is 7.53. The van der Waals surface area contributed by atoms with Crippen molar-refractivity contribution >= 4 is 5.91 Å². The maximum atomic E-state index is 12.9. The average Bonchev–Trinajstić information content (AvgIpc) is 3.40. The maximum Gasteiger partial charge on any atom is 0.224 e. The van der Waals surface area contributed by atoms with Crippen LogP contribution in [0.5, 0.6) is 0 Å². The van der Waals surface area contributed by atoms with Crippen LogP contribution in [0.25, 0.3) is 11.3 Å². The molecule has 4 rings (SSSR count). The first-order valence-electron chi connectivity index (χ1n) is 9.57. The average molecular weight is 380 g/mol. The molecule has 1 aliphatic rings. The van der Waals surface area contributed by atoms with Crippen molar-refractivity contribution < 1.29 is 9.32 Å². The molecule has 0 saturated carbocycles. The Morgan fingerprint density at radius 3 is 2.86 bits per heavy atom. The largest absolute Gasteiger partial charge is 0.361 e. The summed E-state index contributed by atoms with van der Waals surface area (Å²) in [5, 5.41) is 4.03. The molecule has 8 heteroatoms. The highest BCUT2D eigenvalue weighted by atomic mass is 16.5. The predicted octanol–water partition coefficient (Wildman–Crippen LogP) is 3.01. The van der Waals surface area contributed by atoms with Crippen molar-refractivity contribution in [2.24, 2.45) is 0 Å². The molecule has 1 fully saturated rings. The molecule has 1 unspecified atom stereocenters. The molecule has 1 amide bonds. The lowest BCUT2D eigenvalue weighted by Crippen LogP contribution is -2.31. The van der Waals surface area contributed by atoms with Gasteiger partial charge in [0.25, 0.3) is 0 Å². The summed E-state index contributed by atoms with van der Waals surface area (Å²) in [6, 6.07) is 1.96. The smallest absolute Gasteiger partial charge is 0.224 e. The van der Waals surface area contributed by atoms with E-state index in [1.165, 1.54) is 0 Å². The summed E-state index contributed by atoms with van der Waals surface area (Å²) >= 11 is 0. The number of amides is 1. The highest BCUT2D eigenvalue weighted by molar-refractivity contribution is 5.77. The lowest BCUT2D eigenvalue weighted by Gasteiger charge is -2.25. The van der Waals surface area contributed by atoms with Gasteiger partial charge in [0.05, 0.1) is 35.0 Å². The molecule has 3 aromatic rings. The van der Waals surface area contributed by atoms with Crippen LogP contribution in [0.15, 0.2) is 29.3 Å². The molecule has 3 aromatic heterocycles. The summed E-state index contributed by atoms with van der Waals surface area (Å²) in [4.78, 5) is 28.1. The van der Waals surface area contributed by atoms with Crippen LogP contribution in [-0.2, 0) is 11.3 Å². The lowest BCUT2D eigenvalue weighted by molar-refractivity contribution is -0.132. The SMILES string of the molecule is Cc1nc(-c2c(C)noc2C)cc(C2CCCN2C(=O)CCn2ccnc2)n1. The first-order chi connectivity index (χ1) is 13.5. The van der Waals surface area contributed by atoms with Gasteiger partial charge in [0.1, 0.15) is 11.6 Å². The van der Waals surface area contributed by atoms with E-state index in [4.69, 9.17) is 4.52 Å². The molecule has 0 N–H and O–H groups in total. The van der Waals surface area contributed by atoms with E-state index in [2.05, 4.69) is 20.1 Å². The van der Waals surface area contributed by atoms with Gasteiger partial charge in [0.2, 0.25) is 5.91 Å². The summed E-state index contributed by atoms with van der Waals surface area (Å²) in [5.74, 6) is 1.57. The predicted molar refractivity (Wildman–Crippen MR) is 102 cm³/mol. The van der Waals surface area contributed by atoms with Crippen LogP contribution in [0.2, 0.25) is 0 Å². The van der Waals surface area contributed by atoms with Gasteiger partial charge in [0.15, 0.2) is 0 Å². The van der Waals surface area contributed by atoms with Crippen molar-refractivity contribution in [3.05, 3.63) is 47.8 Å². The van der Waals surface area contributed by atoms with Crippen LogP contribution in [0, 0.1) is 20.8 Å². The zero-order valence-corrected chi connectivity index (χ0v) is 16.4. The standard InChI is InChI=1S/C20H24N6O2/c1-13-20(14(2)28-24-13)17-11-16(22-15(3)23-17)18-5-4-8-26(18)19(27)6-9-25-10-7-21-12-25/h7,10-12,18H,4-6,8-9H2,1-3H3. The summed E-state index contributed by atoms with van der Waals surface area (Å²) in [7, 11) is 0. The number of nitrogens with zero attached hydrogens (tertiary/aromatic N) is 6. The van der Waals surface area contributed by atoms with Gasteiger partial charge in [-0.2, -0.15) is 0 Å². The molecular formula is C20H24N6O2. The second-order valence-corrected chi connectivity index (χ2v) is 7.22. The maximum absolute atomic E-state index is 12.9. The van der Waals surface area contributed by atoms with Gasteiger partial charge in [0, 0.05) is 31.9 Å². The van der Waals surface area contributed by atoms with Crippen molar-refractivity contribution in [2.75, 3.05) is 6.54 Å². The molecule has 1 saturated heterocycles. The molecule has 1 atom stereocenters. The quantitative estimate of drug-likeness (QED) is 0.676. The lowest BCUT2D eigenvalue weighted by atomic mass is 10.1. The Hall–Kier alpha value is -3.03. The van der Waals surface area contributed by atoms with E-state index in [1.807, 2.05) is 42.5 Å². The van der Waals surface area contributed by atoms with Crippen molar-refractivity contribution in [1.82, 2.24) is 29.6 Å². The highest BCUT2D eigenvalue weighted by Crippen LogP contribution is 2.34. The van der Waals surface area contributed by atoms with Crippen LogP contribution in [-0.4, -0.2) is 42.0 Å². The highest BCUT2D eigenvalue weighted by Gasteiger charge is 2.31. The first-order valence-corrected chi connectivity index (χ1v) is 9.57. The zero-order valence-electron chi connectivity index (χ0n) is 16.4. The zero-order chi connectivity index (χ0) is 19.7. The Bertz CT molecular complexity index is 959. The first kappa shape index (κ1) is 18.3. The third kappa shape index (κ3) is 3.54. The van der Waals surface area contributed by atoms with E-state index in [9.17, 15) is 4.79 Å². The minimum atomic E-state index is -0.0174. The van der Waals surface area contributed by atoms with Gasteiger partial charge in [-0.1, -0.05) is 5.16 Å². The summed E-state index contributed by atoms with van der Waals surface area (Å²) < 4.78 is 7.22. The number of carbonyl (C=O) groups is 1. The van der Waals surface area contributed by atoms with Gasteiger partial charge >= 0.3 is 0 Å². The van der Waals surface area contributed by atoms with Crippen molar-refractivity contribution in [2.45, 2.75) is 52.6 Å². The number of hydrogen-bond donors (Lipinski definition) is 0. The molecule has 8 nitrogen and oxygen atoms in total. The van der Waals surface area contributed by atoms with Gasteiger partial charge < -0.3 is 14.0 Å². The van der Waals surface area contributed by atoms with Crippen LogP contribution in [0.3, 0.4) is 0 Å². The van der Waals surface area contributed by atoms with E-state index < -0.39 is 0 Å². The molecule has 1 aliphatic heterocycles. The molecular weight excluding hydrogens is 356 g/mol. The fourth-order valence-electron chi connectivity index (χ4n) is 3.90. The number of likely N-dealkylation sites (tertiary alicyclic amines) is 1. The number of aryl methyl sites for hydroxylation is 4. The Morgan fingerprint density at radius 1 is 1.29 bits per heavy atom.